The van der Waals surface area contributed by atoms with Gasteiger partial charge in [0.15, 0.2) is 0 Å². The van der Waals surface area contributed by atoms with Gasteiger partial charge in [0.05, 0.1) is 0 Å². The minimum atomic E-state index is -0.0342. The van der Waals surface area contributed by atoms with E-state index in [0.717, 1.165) is 10.2 Å². The Morgan fingerprint density at radius 3 is 3.08 bits per heavy atom. The minimum Gasteiger partial charge on any atom is -0.264 e. The second kappa shape index (κ2) is 3.25. The van der Waals surface area contributed by atoms with Crippen LogP contribution in [0.5, 0.6) is 0 Å². The first-order valence-electron chi connectivity index (χ1n) is 3.55. The van der Waals surface area contributed by atoms with Crippen molar-refractivity contribution in [3.63, 3.8) is 0 Å². The quantitative estimate of drug-likeness (QED) is 0.744. The summed E-state index contributed by atoms with van der Waals surface area (Å²) in [6, 6.07) is 3.86. The second-order valence-corrected chi connectivity index (χ2v) is 3.30. The Morgan fingerprint density at radius 2 is 2.50 bits per heavy atom. The van der Waals surface area contributed by atoms with Crippen molar-refractivity contribution in [1.29, 1.82) is 0 Å². The Hall–Kier alpha value is -0.870. The van der Waals surface area contributed by atoms with Crippen LogP contribution < -0.4 is 5.48 Å². The van der Waals surface area contributed by atoms with Gasteiger partial charge in [-0.05, 0) is 28.1 Å². The van der Waals surface area contributed by atoms with Gasteiger partial charge in [0.1, 0.15) is 10.7 Å². The Morgan fingerprint density at radius 1 is 1.58 bits per heavy atom. The highest BCUT2D eigenvalue weighted by Gasteiger charge is 2.16. The van der Waals surface area contributed by atoms with Gasteiger partial charge in [-0.2, -0.15) is 0 Å². The van der Waals surface area contributed by atoms with Crippen molar-refractivity contribution in [2.75, 3.05) is 0 Å². The van der Waals surface area contributed by atoms with Gasteiger partial charge in [0.2, 0.25) is 0 Å². The van der Waals surface area contributed by atoms with Crippen LogP contribution in [0.15, 0.2) is 35.2 Å². The van der Waals surface area contributed by atoms with Crippen LogP contribution in [0.1, 0.15) is 11.7 Å². The molecule has 12 heavy (non-hydrogen) atoms. The monoisotopic (exact) mass is 226 g/mol. The van der Waals surface area contributed by atoms with Gasteiger partial charge in [0.25, 0.3) is 0 Å². The van der Waals surface area contributed by atoms with Gasteiger partial charge < -0.3 is 0 Å². The lowest BCUT2D eigenvalue weighted by Gasteiger charge is -2.05. The molecule has 4 heteroatoms. The third-order valence-electron chi connectivity index (χ3n) is 1.59. The van der Waals surface area contributed by atoms with E-state index >= 15 is 0 Å². The zero-order valence-electron chi connectivity index (χ0n) is 6.20. The van der Waals surface area contributed by atoms with Crippen LogP contribution in [0.4, 0.5) is 0 Å². The molecule has 0 aromatic carbocycles. The molecule has 0 saturated heterocycles. The third-order valence-corrected chi connectivity index (χ3v) is 2.02. The summed E-state index contributed by atoms with van der Waals surface area (Å²) in [5.74, 6) is 0. The lowest BCUT2D eigenvalue weighted by atomic mass is 10.2. The van der Waals surface area contributed by atoms with E-state index in [1.165, 1.54) is 0 Å². The van der Waals surface area contributed by atoms with Crippen LogP contribution in [0.25, 0.3) is 0 Å². The number of nitrogens with zero attached hydrogens (tertiary/aromatic N) is 1. The fourth-order valence-electron chi connectivity index (χ4n) is 1.03. The number of pyridine rings is 1. The van der Waals surface area contributed by atoms with Crippen molar-refractivity contribution in [2.45, 2.75) is 6.10 Å². The van der Waals surface area contributed by atoms with Crippen LogP contribution >= 0.6 is 15.9 Å². The number of hydroxylamine groups is 1. The third kappa shape index (κ3) is 1.49. The van der Waals surface area contributed by atoms with Crippen LogP contribution in [0.3, 0.4) is 0 Å². The summed E-state index contributed by atoms with van der Waals surface area (Å²) in [4.78, 5) is 9.22. The molecule has 62 valence electrons. The Kier molecular flexibility index (Phi) is 2.10. The number of nitrogens with one attached hydrogen (secondary N) is 1. The molecule has 1 N–H and O–H groups in total. The summed E-state index contributed by atoms with van der Waals surface area (Å²) in [7, 11) is 0. The normalized spacial score (nSPS) is 21.8. The second-order valence-electron chi connectivity index (χ2n) is 2.44. The van der Waals surface area contributed by atoms with E-state index < -0.39 is 0 Å². The first-order chi connectivity index (χ1) is 5.86. The number of hydrogen-bond donors (Lipinski definition) is 1. The highest BCUT2D eigenvalue weighted by Crippen LogP contribution is 2.24. The number of halogens is 1. The largest absolute Gasteiger partial charge is 0.264 e. The molecule has 2 rings (SSSR count). The van der Waals surface area contributed by atoms with Crippen LogP contribution in [-0.4, -0.2) is 4.98 Å². The Bertz CT molecular complexity index is 299. The maximum atomic E-state index is 5.22. The van der Waals surface area contributed by atoms with Crippen molar-refractivity contribution < 1.29 is 4.84 Å². The molecular weight excluding hydrogens is 220 g/mol. The van der Waals surface area contributed by atoms with Crippen molar-refractivity contribution in [2.24, 2.45) is 0 Å². The van der Waals surface area contributed by atoms with E-state index in [-0.39, 0.29) is 6.10 Å². The first kappa shape index (κ1) is 7.76. The van der Waals surface area contributed by atoms with Crippen molar-refractivity contribution in [3.8, 4) is 0 Å². The highest BCUT2D eigenvalue weighted by atomic mass is 79.9. The van der Waals surface area contributed by atoms with Crippen LogP contribution in [-0.2, 0) is 4.84 Å². The average molecular weight is 227 g/mol. The molecule has 0 saturated carbocycles. The Labute approximate surface area is 78.5 Å². The predicted octanol–water partition coefficient (Wildman–Crippen LogP) is 1.89. The summed E-state index contributed by atoms with van der Waals surface area (Å²) in [5, 5.41) is 0. The molecule has 0 spiro atoms. The fourth-order valence-corrected chi connectivity index (χ4v) is 1.36. The molecule has 1 aliphatic heterocycles. The van der Waals surface area contributed by atoms with Gasteiger partial charge in [0, 0.05) is 18.0 Å². The van der Waals surface area contributed by atoms with Crippen molar-refractivity contribution in [3.05, 3.63) is 40.8 Å². The minimum absolute atomic E-state index is 0.0342. The molecule has 1 atom stereocenters. The predicted molar refractivity (Wildman–Crippen MR) is 48.2 cm³/mol. The van der Waals surface area contributed by atoms with E-state index in [4.69, 9.17) is 4.84 Å². The lowest BCUT2D eigenvalue weighted by Crippen LogP contribution is -2.05. The zero-order valence-corrected chi connectivity index (χ0v) is 7.78. The molecule has 0 bridgehead atoms. The molecule has 1 aromatic heterocycles. The van der Waals surface area contributed by atoms with E-state index in [0.29, 0.717) is 0 Å². The summed E-state index contributed by atoms with van der Waals surface area (Å²) >= 11 is 3.28. The molecule has 1 aromatic rings. The van der Waals surface area contributed by atoms with Gasteiger partial charge in [-0.15, -0.1) is 0 Å². The molecular formula is C8H7BrN2O. The lowest BCUT2D eigenvalue weighted by molar-refractivity contribution is 0.0456. The van der Waals surface area contributed by atoms with Crippen LogP contribution in [0.2, 0.25) is 0 Å². The molecule has 2 heterocycles. The van der Waals surface area contributed by atoms with Gasteiger partial charge in [-0.3, -0.25) is 15.3 Å². The van der Waals surface area contributed by atoms with Gasteiger partial charge >= 0.3 is 0 Å². The molecule has 1 unspecified atom stereocenters. The summed E-state index contributed by atoms with van der Waals surface area (Å²) in [6.07, 6.45) is 5.43. The SMILES string of the molecule is BrC1=CC(c2cccnc2)ON1. The summed E-state index contributed by atoms with van der Waals surface area (Å²) < 4.78 is 0.858. The maximum Gasteiger partial charge on any atom is 0.133 e. The van der Waals surface area contributed by atoms with Gasteiger partial charge in [-0.25, -0.2) is 0 Å². The topological polar surface area (TPSA) is 34.1 Å². The van der Waals surface area contributed by atoms with Gasteiger partial charge in [-0.1, -0.05) is 6.07 Å². The molecule has 0 radical (unpaired) electrons. The summed E-state index contributed by atoms with van der Waals surface area (Å²) in [5.41, 5.74) is 3.76. The van der Waals surface area contributed by atoms with Crippen molar-refractivity contribution >= 4 is 15.9 Å². The molecule has 0 amide bonds. The van der Waals surface area contributed by atoms with E-state index in [2.05, 4.69) is 26.4 Å². The van der Waals surface area contributed by atoms with E-state index in [1.807, 2.05) is 18.2 Å². The number of hydrogen-bond acceptors (Lipinski definition) is 3. The maximum absolute atomic E-state index is 5.22. The average Bonchev–Trinajstić information content (AvgIpc) is 2.54. The van der Waals surface area contributed by atoms with E-state index in [1.54, 1.807) is 12.4 Å². The first-order valence-corrected chi connectivity index (χ1v) is 4.34. The smallest absolute Gasteiger partial charge is 0.133 e. The molecule has 3 nitrogen and oxygen atoms in total. The molecule has 1 aliphatic rings. The number of rotatable bonds is 1. The van der Waals surface area contributed by atoms with Crippen LogP contribution in [0, 0.1) is 0 Å². The summed E-state index contributed by atoms with van der Waals surface area (Å²) in [6.45, 7) is 0. The van der Waals surface area contributed by atoms with E-state index in [9.17, 15) is 0 Å². The zero-order chi connectivity index (χ0) is 8.39. The molecule has 0 aliphatic carbocycles. The fraction of sp³-hybridized carbons (Fsp3) is 0.125. The Balaban J connectivity index is 2.22. The standard InChI is InChI=1S/C8H7BrN2O/c9-8-4-7(12-11-8)6-2-1-3-10-5-6/h1-5,7,11H. The molecule has 0 fully saturated rings. The number of aromatic nitrogens is 1. The van der Waals surface area contributed by atoms with Crippen molar-refractivity contribution in [1.82, 2.24) is 10.5 Å². The highest BCUT2D eigenvalue weighted by molar-refractivity contribution is 9.11.